The molecule has 0 atom stereocenters. The molecule has 20 heavy (non-hydrogen) atoms. The first-order chi connectivity index (χ1) is 9.30. The number of pyridine rings is 1. The highest BCUT2D eigenvalue weighted by Gasteiger charge is 2.52. The Hall–Kier alpha value is -0.615. The van der Waals surface area contributed by atoms with Gasteiger partial charge in [-0.05, 0) is 33.3 Å². The summed E-state index contributed by atoms with van der Waals surface area (Å²) in [6.07, 6.45) is 1.75. The smallest absolute Gasteiger partial charge is 0.399 e. The fourth-order valence-corrected chi connectivity index (χ4v) is 2.64. The monoisotopic (exact) mass is 294 g/mol. The van der Waals surface area contributed by atoms with Crippen molar-refractivity contribution in [2.24, 2.45) is 0 Å². The summed E-state index contributed by atoms with van der Waals surface area (Å²) in [6.45, 7) is 10.1. The third-order valence-corrected chi connectivity index (χ3v) is 4.95. The SMILES string of the molecule is CC1(C)OB(c2cnc(Cl)c(C3CNC3)c2)OC1(C)C. The van der Waals surface area contributed by atoms with Crippen LogP contribution in [0.5, 0.6) is 0 Å². The van der Waals surface area contributed by atoms with Gasteiger partial charge in [0.15, 0.2) is 0 Å². The average molecular weight is 295 g/mol. The molecule has 1 aromatic rings. The molecule has 0 amide bonds. The van der Waals surface area contributed by atoms with Gasteiger partial charge in [-0.15, -0.1) is 0 Å². The fourth-order valence-electron chi connectivity index (χ4n) is 2.39. The molecule has 2 aliphatic heterocycles. The molecule has 4 nitrogen and oxygen atoms in total. The molecule has 1 N–H and O–H groups in total. The van der Waals surface area contributed by atoms with Crippen molar-refractivity contribution in [2.75, 3.05) is 13.1 Å². The highest BCUT2D eigenvalue weighted by atomic mass is 35.5. The fraction of sp³-hybridized carbons (Fsp3) is 0.643. The van der Waals surface area contributed by atoms with Crippen molar-refractivity contribution in [1.82, 2.24) is 10.3 Å². The van der Waals surface area contributed by atoms with Crippen LogP contribution in [0.25, 0.3) is 0 Å². The van der Waals surface area contributed by atoms with Crippen LogP contribution in [0.2, 0.25) is 5.15 Å². The minimum Gasteiger partial charge on any atom is -0.399 e. The lowest BCUT2D eigenvalue weighted by Gasteiger charge is -2.32. The minimum atomic E-state index is -0.378. The molecule has 0 bridgehead atoms. The lowest BCUT2D eigenvalue weighted by Crippen LogP contribution is -2.41. The van der Waals surface area contributed by atoms with Gasteiger partial charge in [0.1, 0.15) is 5.15 Å². The predicted molar refractivity (Wildman–Crippen MR) is 80.6 cm³/mol. The van der Waals surface area contributed by atoms with E-state index in [0.717, 1.165) is 24.1 Å². The van der Waals surface area contributed by atoms with E-state index in [1.807, 2.05) is 27.7 Å². The van der Waals surface area contributed by atoms with Crippen LogP contribution in [0.4, 0.5) is 0 Å². The molecular weight excluding hydrogens is 274 g/mol. The Bertz CT molecular complexity index is 516. The molecule has 0 aromatic carbocycles. The third kappa shape index (κ3) is 2.27. The van der Waals surface area contributed by atoms with E-state index >= 15 is 0 Å². The van der Waals surface area contributed by atoms with Gasteiger partial charge in [0.05, 0.1) is 11.2 Å². The Kier molecular flexibility index (Phi) is 3.37. The molecule has 2 saturated heterocycles. The lowest BCUT2D eigenvalue weighted by molar-refractivity contribution is 0.00578. The first-order valence-corrected chi connectivity index (χ1v) is 7.40. The molecule has 2 aliphatic rings. The number of halogens is 1. The lowest BCUT2D eigenvalue weighted by atomic mass is 9.78. The molecule has 0 radical (unpaired) electrons. The summed E-state index contributed by atoms with van der Waals surface area (Å²) in [7, 11) is -0.378. The number of rotatable bonds is 2. The number of hydrogen-bond donors (Lipinski definition) is 1. The normalized spacial score (nSPS) is 24.8. The second kappa shape index (κ2) is 4.70. The Morgan fingerprint density at radius 1 is 1.25 bits per heavy atom. The van der Waals surface area contributed by atoms with Crippen LogP contribution in [0.1, 0.15) is 39.2 Å². The zero-order valence-electron chi connectivity index (χ0n) is 12.4. The van der Waals surface area contributed by atoms with Crippen molar-refractivity contribution >= 4 is 24.2 Å². The summed E-state index contributed by atoms with van der Waals surface area (Å²) < 4.78 is 12.1. The predicted octanol–water partition coefficient (Wildman–Crippen LogP) is 1.72. The van der Waals surface area contributed by atoms with E-state index in [9.17, 15) is 0 Å². The molecule has 3 heterocycles. The number of hydrogen-bond acceptors (Lipinski definition) is 4. The molecule has 0 saturated carbocycles. The molecule has 1 aromatic heterocycles. The largest absolute Gasteiger partial charge is 0.496 e. The molecule has 108 valence electrons. The van der Waals surface area contributed by atoms with E-state index in [1.165, 1.54) is 0 Å². The number of nitrogens with one attached hydrogen (secondary N) is 1. The van der Waals surface area contributed by atoms with E-state index in [2.05, 4.69) is 16.4 Å². The van der Waals surface area contributed by atoms with Gasteiger partial charge in [-0.1, -0.05) is 17.7 Å². The highest BCUT2D eigenvalue weighted by molar-refractivity contribution is 6.62. The van der Waals surface area contributed by atoms with E-state index in [0.29, 0.717) is 11.1 Å². The second-order valence-corrected chi connectivity index (χ2v) is 6.95. The van der Waals surface area contributed by atoms with Crippen molar-refractivity contribution in [2.45, 2.75) is 44.8 Å². The Labute approximate surface area is 125 Å². The van der Waals surface area contributed by atoms with Crippen LogP contribution >= 0.6 is 11.6 Å². The summed E-state index contributed by atoms with van der Waals surface area (Å²) >= 11 is 6.20. The zero-order valence-corrected chi connectivity index (χ0v) is 13.1. The van der Waals surface area contributed by atoms with Crippen molar-refractivity contribution in [1.29, 1.82) is 0 Å². The summed E-state index contributed by atoms with van der Waals surface area (Å²) in [6, 6.07) is 2.07. The number of nitrogens with zero attached hydrogens (tertiary/aromatic N) is 1. The molecule has 0 aliphatic carbocycles. The van der Waals surface area contributed by atoms with Crippen molar-refractivity contribution in [3.63, 3.8) is 0 Å². The van der Waals surface area contributed by atoms with E-state index < -0.39 is 0 Å². The molecule has 0 spiro atoms. The van der Waals surface area contributed by atoms with Crippen molar-refractivity contribution in [3.05, 3.63) is 23.0 Å². The van der Waals surface area contributed by atoms with Crippen LogP contribution in [-0.4, -0.2) is 36.4 Å². The quantitative estimate of drug-likeness (QED) is 0.666. The van der Waals surface area contributed by atoms with Gasteiger partial charge in [-0.2, -0.15) is 0 Å². The Morgan fingerprint density at radius 3 is 2.35 bits per heavy atom. The van der Waals surface area contributed by atoms with E-state index in [-0.39, 0.29) is 18.3 Å². The molecule has 2 fully saturated rings. The summed E-state index contributed by atoms with van der Waals surface area (Å²) in [4.78, 5) is 4.30. The zero-order chi connectivity index (χ0) is 14.5. The van der Waals surface area contributed by atoms with Gasteiger partial charge >= 0.3 is 7.12 Å². The topological polar surface area (TPSA) is 43.4 Å². The van der Waals surface area contributed by atoms with Crippen LogP contribution in [0, 0.1) is 0 Å². The van der Waals surface area contributed by atoms with Gasteiger partial charge in [-0.3, -0.25) is 0 Å². The van der Waals surface area contributed by atoms with E-state index in [4.69, 9.17) is 20.9 Å². The molecule has 6 heteroatoms. The van der Waals surface area contributed by atoms with Crippen LogP contribution < -0.4 is 10.8 Å². The highest BCUT2D eigenvalue weighted by Crippen LogP contribution is 2.36. The maximum absolute atomic E-state index is 6.20. The van der Waals surface area contributed by atoms with E-state index in [1.54, 1.807) is 6.20 Å². The summed E-state index contributed by atoms with van der Waals surface area (Å²) in [5.41, 5.74) is 1.35. The molecular formula is C14H20BClN2O2. The third-order valence-electron chi connectivity index (χ3n) is 4.63. The van der Waals surface area contributed by atoms with Gasteiger partial charge in [0.25, 0.3) is 0 Å². The summed E-state index contributed by atoms with van der Waals surface area (Å²) in [5.74, 6) is 0.442. The molecule has 3 rings (SSSR count). The van der Waals surface area contributed by atoms with Gasteiger partial charge in [0, 0.05) is 30.7 Å². The Morgan fingerprint density at radius 2 is 1.85 bits per heavy atom. The van der Waals surface area contributed by atoms with Crippen LogP contribution in [0.3, 0.4) is 0 Å². The number of aromatic nitrogens is 1. The van der Waals surface area contributed by atoms with Gasteiger partial charge < -0.3 is 14.6 Å². The first-order valence-electron chi connectivity index (χ1n) is 7.02. The van der Waals surface area contributed by atoms with Crippen LogP contribution in [-0.2, 0) is 9.31 Å². The van der Waals surface area contributed by atoms with Gasteiger partial charge in [-0.25, -0.2) is 4.98 Å². The van der Waals surface area contributed by atoms with Crippen LogP contribution in [0.15, 0.2) is 12.3 Å². The average Bonchev–Trinajstić information content (AvgIpc) is 2.49. The standard InChI is InChI=1S/C14H20BClN2O2/c1-13(2)14(3,4)20-15(19-13)10-5-11(9-6-17-7-9)12(16)18-8-10/h5,8-9,17H,6-7H2,1-4H3. The van der Waals surface area contributed by atoms with Crippen molar-refractivity contribution < 1.29 is 9.31 Å². The van der Waals surface area contributed by atoms with Gasteiger partial charge in [0.2, 0.25) is 0 Å². The summed E-state index contributed by atoms with van der Waals surface area (Å²) in [5, 5.41) is 3.83. The first kappa shape index (κ1) is 14.3. The maximum Gasteiger partial charge on any atom is 0.496 e. The Balaban J connectivity index is 1.88. The van der Waals surface area contributed by atoms with Crippen molar-refractivity contribution in [3.8, 4) is 0 Å². The molecule has 0 unspecified atom stereocenters. The maximum atomic E-state index is 6.20. The minimum absolute atomic E-state index is 0.338. The second-order valence-electron chi connectivity index (χ2n) is 6.59.